The summed E-state index contributed by atoms with van der Waals surface area (Å²) in [6.45, 7) is 0.209. The summed E-state index contributed by atoms with van der Waals surface area (Å²) in [5, 5.41) is 7.39. The highest BCUT2D eigenvalue weighted by Gasteiger charge is 2.11. The SMILES string of the molecule is CN=C(NCCc1ncc(C)s1)NCc1ccc(OC)c(OC(F)F)c1. The van der Waals surface area contributed by atoms with Gasteiger partial charge in [-0.1, -0.05) is 6.07 Å². The van der Waals surface area contributed by atoms with Crippen molar-refractivity contribution in [3.63, 3.8) is 0 Å². The Hall–Kier alpha value is -2.42. The van der Waals surface area contributed by atoms with E-state index >= 15 is 0 Å². The third kappa shape index (κ3) is 6.14. The van der Waals surface area contributed by atoms with Gasteiger partial charge in [-0.2, -0.15) is 8.78 Å². The van der Waals surface area contributed by atoms with Crippen LogP contribution in [0.3, 0.4) is 0 Å². The van der Waals surface area contributed by atoms with E-state index in [2.05, 4.69) is 25.3 Å². The van der Waals surface area contributed by atoms with E-state index in [9.17, 15) is 8.78 Å². The lowest BCUT2D eigenvalue weighted by Crippen LogP contribution is -2.37. The number of benzene rings is 1. The van der Waals surface area contributed by atoms with E-state index in [0.717, 1.165) is 17.0 Å². The zero-order valence-corrected chi connectivity index (χ0v) is 15.7. The van der Waals surface area contributed by atoms with Gasteiger partial charge >= 0.3 is 6.61 Å². The van der Waals surface area contributed by atoms with Crippen LogP contribution in [0.4, 0.5) is 8.78 Å². The van der Waals surface area contributed by atoms with Gasteiger partial charge in [0.2, 0.25) is 0 Å². The Labute approximate surface area is 155 Å². The van der Waals surface area contributed by atoms with E-state index in [1.165, 1.54) is 18.1 Å². The molecule has 1 aromatic carbocycles. The lowest BCUT2D eigenvalue weighted by molar-refractivity contribution is -0.0512. The molecule has 0 radical (unpaired) electrons. The summed E-state index contributed by atoms with van der Waals surface area (Å²) in [6.07, 6.45) is 2.66. The number of aliphatic imine (C=N–C) groups is 1. The van der Waals surface area contributed by atoms with Gasteiger partial charge in [-0.05, 0) is 24.6 Å². The molecule has 2 aromatic rings. The molecule has 0 saturated heterocycles. The first-order valence-electron chi connectivity index (χ1n) is 7.99. The summed E-state index contributed by atoms with van der Waals surface area (Å²) in [4.78, 5) is 9.64. The molecule has 6 nitrogen and oxygen atoms in total. The van der Waals surface area contributed by atoms with Crippen molar-refractivity contribution in [1.82, 2.24) is 15.6 Å². The van der Waals surface area contributed by atoms with E-state index in [4.69, 9.17) is 4.74 Å². The van der Waals surface area contributed by atoms with Crippen LogP contribution in [-0.2, 0) is 13.0 Å². The fraction of sp³-hybridized carbons (Fsp3) is 0.412. The van der Waals surface area contributed by atoms with Crippen molar-refractivity contribution in [3.05, 3.63) is 39.8 Å². The van der Waals surface area contributed by atoms with Crippen LogP contribution in [0.25, 0.3) is 0 Å². The topological polar surface area (TPSA) is 67.8 Å². The van der Waals surface area contributed by atoms with Crippen molar-refractivity contribution in [1.29, 1.82) is 0 Å². The Morgan fingerprint density at radius 3 is 2.73 bits per heavy atom. The first kappa shape index (κ1) is 19.9. The second-order valence-electron chi connectivity index (χ2n) is 5.33. The van der Waals surface area contributed by atoms with Crippen LogP contribution < -0.4 is 20.1 Å². The van der Waals surface area contributed by atoms with Crippen molar-refractivity contribution < 1.29 is 18.3 Å². The van der Waals surface area contributed by atoms with Crippen LogP contribution in [0.15, 0.2) is 29.4 Å². The van der Waals surface area contributed by atoms with Gasteiger partial charge in [0.25, 0.3) is 0 Å². The smallest absolute Gasteiger partial charge is 0.387 e. The molecule has 26 heavy (non-hydrogen) atoms. The number of nitrogens with one attached hydrogen (secondary N) is 2. The standard InChI is InChI=1S/C17H22F2N4O2S/c1-11-9-22-15(26-11)6-7-21-17(20-2)23-10-12-4-5-13(24-3)14(8-12)25-16(18)19/h4-5,8-9,16H,6-7,10H2,1-3H3,(H2,20,21,23). The highest BCUT2D eigenvalue weighted by molar-refractivity contribution is 7.11. The third-order valence-electron chi connectivity index (χ3n) is 3.43. The van der Waals surface area contributed by atoms with Crippen LogP contribution >= 0.6 is 11.3 Å². The van der Waals surface area contributed by atoms with Gasteiger partial charge in [-0.25, -0.2) is 4.98 Å². The molecule has 0 aliphatic heterocycles. The second-order valence-corrected chi connectivity index (χ2v) is 6.65. The average Bonchev–Trinajstić information content (AvgIpc) is 3.03. The molecule has 0 fully saturated rings. The Balaban J connectivity index is 1.87. The van der Waals surface area contributed by atoms with Crippen molar-refractivity contribution in [3.8, 4) is 11.5 Å². The average molecular weight is 384 g/mol. The first-order chi connectivity index (χ1) is 12.5. The number of aryl methyl sites for hydroxylation is 1. The molecule has 1 aromatic heterocycles. The summed E-state index contributed by atoms with van der Waals surface area (Å²) in [5.41, 5.74) is 0.764. The Morgan fingerprint density at radius 1 is 1.31 bits per heavy atom. The van der Waals surface area contributed by atoms with Crippen molar-refractivity contribution in [2.45, 2.75) is 26.5 Å². The summed E-state index contributed by atoms with van der Waals surface area (Å²) >= 11 is 1.67. The number of halogens is 2. The number of hydrogen-bond donors (Lipinski definition) is 2. The molecule has 2 rings (SSSR count). The third-order valence-corrected chi connectivity index (χ3v) is 4.40. The number of rotatable bonds is 8. The van der Waals surface area contributed by atoms with Crippen LogP contribution in [0.5, 0.6) is 11.5 Å². The van der Waals surface area contributed by atoms with Crippen LogP contribution in [0.1, 0.15) is 15.4 Å². The zero-order valence-electron chi connectivity index (χ0n) is 14.9. The number of alkyl halides is 2. The summed E-state index contributed by atoms with van der Waals surface area (Å²) < 4.78 is 34.5. The Bertz CT molecular complexity index is 737. The van der Waals surface area contributed by atoms with Gasteiger partial charge in [0.05, 0.1) is 12.1 Å². The number of aromatic nitrogens is 1. The van der Waals surface area contributed by atoms with Crippen molar-refractivity contribution in [2.75, 3.05) is 20.7 Å². The number of nitrogens with zero attached hydrogens (tertiary/aromatic N) is 2. The van der Waals surface area contributed by atoms with E-state index in [1.54, 1.807) is 30.5 Å². The maximum Gasteiger partial charge on any atom is 0.387 e. The van der Waals surface area contributed by atoms with Crippen LogP contribution in [0.2, 0.25) is 0 Å². The molecule has 0 aliphatic rings. The molecule has 0 amide bonds. The molecular weight excluding hydrogens is 362 g/mol. The molecule has 9 heteroatoms. The number of hydrogen-bond acceptors (Lipinski definition) is 5. The molecule has 1 heterocycles. The molecule has 0 atom stereocenters. The first-order valence-corrected chi connectivity index (χ1v) is 8.81. The minimum absolute atomic E-state index is 0.00360. The Kier molecular flexibility index (Phi) is 7.58. The van der Waals surface area contributed by atoms with Crippen LogP contribution in [-0.4, -0.2) is 38.3 Å². The predicted molar refractivity (Wildman–Crippen MR) is 98.4 cm³/mol. The highest BCUT2D eigenvalue weighted by Crippen LogP contribution is 2.29. The van der Waals surface area contributed by atoms with Crippen LogP contribution in [0, 0.1) is 6.92 Å². The number of methoxy groups -OCH3 is 1. The summed E-state index contributed by atoms with van der Waals surface area (Å²) in [5.74, 6) is 0.879. The maximum absolute atomic E-state index is 12.5. The van der Waals surface area contributed by atoms with Crippen molar-refractivity contribution in [2.24, 2.45) is 4.99 Å². The van der Waals surface area contributed by atoms with E-state index in [1.807, 2.05) is 13.1 Å². The summed E-state index contributed by atoms with van der Waals surface area (Å²) in [7, 11) is 3.07. The Morgan fingerprint density at radius 2 is 2.12 bits per heavy atom. The highest BCUT2D eigenvalue weighted by atomic mass is 32.1. The molecule has 142 valence electrons. The van der Waals surface area contributed by atoms with Gasteiger partial charge in [-0.15, -0.1) is 11.3 Å². The number of guanidine groups is 1. The van der Waals surface area contributed by atoms with Gasteiger partial charge in [0, 0.05) is 37.6 Å². The van der Waals surface area contributed by atoms with Gasteiger partial charge < -0.3 is 20.1 Å². The van der Waals surface area contributed by atoms with Gasteiger partial charge in [0.1, 0.15) is 0 Å². The van der Waals surface area contributed by atoms with E-state index in [-0.39, 0.29) is 11.5 Å². The lowest BCUT2D eigenvalue weighted by Gasteiger charge is -2.14. The molecular formula is C17H22F2N4O2S. The van der Waals surface area contributed by atoms with E-state index in [0.29, 0.717) is 19.0 Å². The predicted octanol–water partition coefficient (Wildman–Crippen LogP) is 2.97. The zero-order chi connectivity index (χ0) is 18.9. The lowest BCUT2D eigenvalue weighted by atomic mass is 10.2. The maximum atomic E-state index is 12.5. The quantitative estimate of drug-likeness (QED) is 0.541. The largest absolute Gasteiger partial charge is 0.493 e. The number of ether oxygens (including phenoxy) is 2. The molecule has 0 bridgehead atoms. The van der Waals surface area contributed by atoms with Gasteiger partial charge in [-0.3, -0.25) is 4.99 Å². The number of thiazole rings is 1. The van der Waals surface area contributed by atoms with E-state index < -0.39 is 6.61 Å². The molecule has 0 spiro atoms. The normalized spacial score (nSPS) is 11.5. The minimum atomic E-state index is -2.91. The molecule has 0 aliphatic carbocycles. The fourth-order valence-electron chi connectivity index (χ4n) is 2.23. The minimum Gasteiger partial charge on any atom is -0.493 e. The second kappa shape index (κ2) is 9.91. The molecule has 0 unspecified atom stereocenters. The molecule has 2 N–H and O–H groups in total. The fourth-order valence-corrected chi connectivity index (χ4v) is 3.02. The molecule has 0 saturated carbocycles. The van der Waals surface area contributed by atoms with Gasteiger partial charge in [0.15, 0.2) is 17.5 Å². The summed E-state index contributed by atoms with van der Waals surface area (Å²) in [6, 6.07) is 4.88. The van der Waals surface area contributed by atoms with Crippen molar-refractivity contribution >= 4 is 17.3 Å². The monoisotopic (exact) mass is 384 g/mol.